The van der Waals surface area contributed by atoms with Gasteiger partial charge in [-0.15, -0.1) is 0 Å². The number of hydrogen-bond donors (Lipinski definition) is 2. The molecule has 27 heavy (non-hydrogen) atoms. The van der Waals surface area contributed by atoms with Crippen LogP contribution in [0, 0.1) is 0 Å². The number of hydrogen-bond acceptors (Lipinski definition) is 4. The molecule has 0 amide bonds. The lowest BCUT2D eigenvalue weighted by atomic mass is 9.84. The molecular weight excluding hydrogens is 342 g/mol. The molecule has 1 aliphatic rings. The fourth-order valence-corrected chi connectivity index (χ4v) is 3.04. The maximum atomic E-state index is 5.69. The molecule has 0 aromatic heterocycles. The van der Waals surface area contributed by atoms with Gasteiger partial charge in [-0.25, -0.2) is 0 Å². The van der Waals surface area contributed by atoms with Crippen LogP contribution in [0.1, 0.15) is 38.7 Å². The van der Waals surface area contributed by atoms with Gasteiger partial charge in [0.25, 0.3) is 0 Å². The van der Waals surface area contributed by atoms with E-state index >= 15 is 0 Å². The van der Waals surface area contributed by atoms with Gasteiger partial charge in [0.05, 0.1) is 19.8 Å². The molecule has 1 aliphatic heterocycles. The van der Waals surface area contributed by atoms with E-state index in [-0.39, 0.29) is 5.41 Å². The van der Waals surface area contributed by atoms with E-state index in [9.17, 15) is 0 Å². The summed E-state index contributed by atoms with van der Waals surface area (Å²) in [5.41, 5.74) is 1.24. The summed E-state index contributed by atoms with van der Waals surface area (Å²) in [7, 11) is 3.48. The number of ether oxygens (including phenoxy) is 3. The fraction of sp³-hybridized carbons (Fsp3) is 0.667. The van der Waals surface area contributed by atoms with E-state index in [1.807, 2.05) is 12.1 Å². The molecule has 0 radical (unpaired) electrons. The minimum absolute atomic E-state index is 0.0196. The second kappa shape index (κ2) is 11.1. The molecule has 1 saturated heterocycles. The highest BCUT2D eigenvalue weighted by Gasteiger charge is 2.21. The summed E-state index contributed by atoms with van der Waals surface area (Å²) in [5.74, 6) is 1.69. The second-order valence-electron chi connectivity index (χ2n) is 7.53. The van der Waals surface area contributed by atoms with Gasteiger partial charge in [0.1, 0.15) is 5.75 Å². The van der Waals surface area contributed by atoms with E-state index in [4.69, 9.17) is 14.2 Å². The molecule has 1 fully saturated rings. The van der Waals surface area contributed by atoms with Gasteiger partial charge in [0, 0.05) is 38.8 Å². The first-order valence-electron chi connectivity index (χ1n) is 9.83. The standard InChI is InChI=1S/C21H35N3O3/c1-21(2,17-8-10-18(25-4)11-9-17)16-24-20(22-3)23-12-6-13-26-15-19-7-5-14-27-19/h8-11,19H,5-7,12-16H2,1-4H3,(H2,22,23,24). The van der Waals surface area contributed by atoms with E-state index in [1.54, 1.807) is 14.2 Å². The molecule has 0 spiro atoms. The largest absolute Gasteiger partial charge is 0.497 e. The Balaban J connectivity index is 1.64. The summed E-state index contributed by atoms with van der Waals surface area (Å²) in [4.78, 5) is 4.31. The molecule has 2 N–H and O–H groups in total. The summed E-state index contributed by atoms with van der Waals surface area (Å²) in [5, 5.41) is 6.77. The fourth-order valence-electron chi connectivity index (χ4n) is 3.04. The van der Waals surface area contributed by atoms with Crippen molar-refractivity contribution < 1.29 is 14.2 Å². The minimum atomic E-state index is -0.0196. The van der Waals surface area contributed by atoms with Crippen molar-refractivity contribution in [2.45, 2.75) is 44.6 Å². The maximum Gasteiger partial charge on any atom is 0.191 e. The minimum Gasteiger partial charge on any atom is -0.497 e. The molecule has 1 aromatic rings. The van der Waals surface area contributed by atoms with Gasteiger partial charge in [-0.3, -0.25) is 4.99 Å². The highest BCUT2D eigenvalue weighted by molar-refractivity contribution is 5.79. The molecular formula is C21H35N3O3. The monoisotopic (exact) mass is 377 g/mol. The van der Waals surface area contributed by atoms with E-state index in [2.05, 4.69) is 41.6 Å². The van der Waals surface area contributed by atoms with Crippen LogP contribution in [0.4, 0.5) is 0 Å². The van der Waals surface area contributed by atoms with Crippen LogP contribution in [0.15, 0.2) is 29.3 Å². The number of guanidine groups is 1. The molecule has 6 heteroatoms. The predicted molar refractivity (Wildman–Crippen MR) is 110 cm³/mol. The van der Waals surface area contributed by atoms with Gasteiger partial charge in [-0.2, -0.15) is 0 Å². The molecule has 0 aliphatic carbocycles. The van der Waals surface area contributed by atoms with Gasteiger partial charge < -0.3 is 24.8 Å². The van der Waals surface area contributed by atoms with E-state index in [0.29, 0.717) is 12.7 Å². The third-order valence-electron chi connectivity index (χ3n) is 4.88. The molecule has 2 rings (SSSR count). The average molecular weight is 378 g/mol. The Morgan fingerprint density at radius 3 is 2.67 bits per heavy atom. The Bertz CT molecular complexity index is 567. The Morgan fingerprint density at radius 2 is 2.04 bits per heavy atom. The summed E-state index contributed by atoms with van der Waals surface area (Å²) in [6.07, 6.45) is 3.52. The van der Waals surface area contributed by atoms with Crippen LogP contribution in [0.25, 0.3) is 0 Å². The van der Waals surface area contributed by atoms with E-state index in [1.165, 1.54) is 5.56 Å². The van der Waals surface area contributed by atoms with Crippen molar-refractivity contribution in [3.8, 4) is 5.75 Å². The predicted octanol–water partition coefficient (Wildman–Crippen LogP) is 2.72. The number of benzene rings is 1. The molecule has 1 unspecified atom stereocenters. The normalized spacial score (nSPS) is 17.8. The SMILES string of the molecule is CN=C(NCCCOCC1CCCO1)NCC(C)(C)c1ccc(OC)cc1. The van der Waals surface area contributed by atoms with Crippen LogP contribution < -0.4 is 15.4 Å². The van der Waals surface area contributed by atoms with Crippen LogP contribution in [0.5, 0.6) is 5.75 Å². The molecule has 1 aromatic carbocycles. The molecule has 1 heterocycles. The van der Waals surface area contributed by atoms with Crippen LogP contribution in [0.3, 0.4) is 0 Å². The first-order valence-corrected chi connectivity index (χ1v) is 9.83. The third kappa shape index (κ3) is 7.39. The maximum absolute atomic E-state index is 5.69. The van der Waals surface area contributed by atoms with Crippen molar-refractivity contribution in [1.82, 2.24) is 10.6 Å². The summed E-state index contributed by atoms with van der Waals surface area (Å²) in [6.45, 7) is 8.37. The zero-order valence-electron chi connectivity index (χ0n) is 17.2. The second-order valence-corrected chi connectivity index (χ2v) is 7.53. The topological polar surface area (TPSA) is 64.1 Å². The highest BCUT2D eigenvalue weighted by atomic mass is 16.5. The first-order chi connectivity index (χ1) is 13.0. The number of methoxy groups -OCH3 is 1. The van der Waals surface area contributed by atoms with Crippen molar-refractivity contribution >= 4 is 5.96 Å². The van der Waals surface area contributed by atoms with Crippen molar-refractivity contribution in [1.29, 1.82) is 0 Å². The smallest absolute Gasteiger partial charge is 0.191 e. The van der Waals surface area contributed by atoms with E-state index in [0.717, 1.165) is 57.3 Å². The Hall–Kier alpha value is -1.79. The van der Waals surface area contributed by atoms with Crippen LogP contribution in [0.2, 0.25) is 0 Å². The molecule has 1 atom stereocenters. The summed E-state index contributed by atoms with van der Waals surface area (Å²) >= 11 is 0. The van der Waals surface area contributed by atoms with Crippen LogP contribution in [-0.2, 0) is 14.9 Å². The molecule has 0 bridgehead atoms. The zero-order chi connectivity index (χ0) is 19.5. The number of nitrogens with one attached hydrogen (secondary N) is 2. The first kappa shape index (κ1) is 21.5. The Labute approximate surface area is 163 Å². The number of nitrogens with zero attached hydrogens (tertiary/aromatic N) is 1. The van der Waals surface area contributed by atoms with Crippen molar-refractivity contribution in [2.75, 3.05) is 47.1 Å². The Morgan fingerprint density at radius 1 is 1.26 bits per heavy atom. The zero-order valence-corrected chi connectivity index (χ0v) is 17.2. The van der Waals surface area contributed by atoms with Gasteiger partial charge >= 0.3 is 0 Å². The van der Waals surface area contributed by atoms with Crippen LogP contribution >= 0.6 is 0 Å². The lowest BCUT2D eigenvalue weighted by molar-refractivity contribution is 0.0168. The number of aliphatic imine (C=N–C) groups is 1. The molecule has 152 valence electrons. The van der Waals surface area contributed by atoms with Gasteiger partial charge in [0.2, 0.25) is 0 Å². The Kier molecular flexibility index (Phi) is 8.88. The quantitative estimate of drug-likeness (QED) is 0.373. The van der Waals surface area contributed by atoms with Gasteiger partial charge in [0.15, 0.2) is 5.96 Å². The van der Waals surface area contributed by atoms with Gasteiger partial charge in [-0.1, -0.05) is 26.0 Å². The van der Waals surface area contributed by atoms with Gasteiger partial charge in [-0.05, 0) is 37.0 Å². The molecule has 6 nitrogen and oxygen atoms in total. The van der Waals surface area contributed by atoms with Crippen molar-refractivity contribution in [3.63, 3.8) is 0 Å². The van der Waals surface area contributed by atoms with Crippen LogP contribution in [-0.4, -0.2) is 59.1 Å². The average Bonchev–Trinajstić information content (AvgIpc) is 3.20. The van der Waals surface area contributed by atoms with Crippen molar-refractivity contribution in [3.05, 3.63) is 29.8 Å². The summed E-state index contributed by atoms with van der Waals surface area (Å²) < 4.78 is 16.5. The number of rotatable bonds is 10. The third-order valence-corrected chi connectivity index (χ3v) is 4.88. The lowest BCUT2D eigenvalue weighted by Crippen LogP contribution is -2.43. The molecule has 0 saturated carbocycles. The lowest BCUT2D eigenvalue weighted by Gasteiger charge is -2.27. The van der Waals surface area contributed by atoms with E-state index < -0.39 is 0 Å². The van der Waals surface area contributed by atoms with Crippen molar-refractivity contribution in [2.24, 2.45) is 4.99 Å². The summed E-state index contributed by atoms with van der Waals surface area (Å²) in [6, 6.07) is 8.23. The highest BCUT2D eigenvalue weighted by Crippen LogP contribution is 2.24.